The molecule has 2 atom stereocenters. The number of rotatable bonds is 4. The van der Waals surface area contributed by atoms with Gasteiger partial charge in [-0.2, -0.15) is 0 Å². The van der Waals surface area contributed by atoms with E-state index in [9.17, 15) is 14.0 Å². The fourth-order valence-corrected chi connectivity index (χ4v) is 4.18. The summed E-state index contributed by atoms with van der Waals surface area (Å²) in [7, 11) is 0. The van der Waals surface area contributed by atoms with Crippen LogP contribution in [-0.4, -0.2) is 43.4 Å². The van der Waals surface area contributed by atoms with E-state index in [4.69, 9.17) is 9.47 Å². The summed E-state index contributed by atoms with van der Waals surface area (Å²) in [6.45, 7) is 1.19. The number of nitrogens with one attached hydrogen (secondary N) is 1. The van der Waals surface area contributed by atoms with Crippen LogP contribution in [0.25, 0.3) is 0 Å². The fourth-order valence-electron chi connectivity index (χ4n) is 4.18. The van der Waals surface area contributed by atoms with Gasteiger partial charge in [-0.05, 0) is 37.1 Å². The molecular formula is C20H25FN2O4. The molecule has 2 saturated heterocycles. The van der Waals surface area contributed by atoms with Crippen molar-refractivity contribution in [3.05, 3.63) is 30.1 Å². The van der Waals surface area contributed by atoms with Crippen LogP contribution in [0.4, 0.5) is 10.1 Å². The van der Waals surface area contributed by atoms with Crippen LogP contribution in [0.2, 0.25) is 0 Å². The SMILES string of the molecule is O=C(NCC1COC2(CCCCC2)O1)C1CC(=O)N(c2ccc(F)cc2)C1. The Hall–Kier alpha value is -1.99. The van der Waals surface area contributed by atoms with Crippen LogP contribution in [-0.2, 0) is 19.1 Å². The van der Waals surface area contributed by atoms with Crippen molar-refractivity contribution >= 4 is 17.5 Å². The molecule has 3 aliphatic rings. The Bertz CT molecular complexity index is 702. The van der Waals surface area contributed by atoms with Crippen molar-refractivity contribution < 1.29 is 23.5 Å². The van der Waals surface area contributed by atoms with Crippen molar-refractivity contribution in [2.75, 3.05) is 24.6 Å². The molecule has 2 amide bonds. The van der Waals surface area contributed by atoms with Crippen LogP contribution >= 0.6 is 0 Å². The van der Waals surface area contributed by atoms with Crippen LogP contribution in [0, 0.1) is 11.7 Å². The first-order valence-corrected chi connectivity index (χ1v) is 9.70. The number of anilines is 1. The number of ether oxygens (including phenoxy) is 2. The first kappa shape index (κ1) is 18.4. The smallest absolute Gasteiger partial charge is 0.227 e. The van der Waals surface area contributed by atoms with Gasteiger partial charge in [0.15, 0.2) is 5.79 Å². The van der Waals surface area contributed by atoms with Crippen LogP contribution in [0.3, 0.4) is 0 Å². The van der Waals surface area contributed by atoms with Gasteiger partial charge in [-0.1, -0.05) is 6.42 Å². The highest BCUT2D eigenvalue weighted by atomic mass is 19.1. The molecule has 1 aromatic rings. The van der Waals surface area contributed by atoms with Crippen LogP contribution in [0.1, 0.15) is 38.5 Å². The molecule has 3 fully saturated rings. The molecule has 1 saturated carbocycles. The number of amides is 2. The molecule has 0 radical (unpaired) electrons. The van der Waals surface area contributed by atoms with Crippen molar-refractivity contribution in [2.24, 2.45) is 5.92 Å². The van der Waals surface area contributed by atoms with Crippen molar-refractivity contribution in [3.63, 3.8) is 0 Å². The van der Waals surface area contributed by atoms with Crippen molar-refractivity contribution in [1.29, 1.82) is 0 Å². The minimum atomic E-state index is -0.448. The van der Waals surface area contributed by atoms with Crippen LogP contribution in [0.5, 0.6) is 0 Å². The zero-order chi connectivity index (χ0) is 18.9. The van der Waals surface area contributed by atoms with Crippen LogP contribution in [0.15, 0.2) is 24.3 Å². The molecule has 2 heterocycles. The summed E-state index contributed by atoms with van der Waals surface area (Å²) >= 11 is 0. The van der Waals surface area contributed by atoms with Crippen molar-refractivity contribution in [1.82, 2.24) is 5.32 Å². The second-order valence-corrected chi connectivity index (χ2v) is 7.65. The number of benzene rings is 1. The summed E-state index contributed by atoms with van der Waals surface area (Å²) in [5, 5.41) is 2.91. The molecule has 2 unspecified atom stereocenters. The molecular weight excluding hydrogens is 351 g/mol. The molecule has 1 spiro atoms. The van der Waals surface area contributed by atoms with Gasteiger partial charge in [-0.25, -0.2) is 4.39 Å². The Morgan fingerprint density at radius 3 is 2.70 bits per heavy atom. The Labute approximate surface area is 158 Å². The van der Waals surface area contributed by atoms with Crippen molar-refractivity contribution in [2.45, 2.75) is 50.4 Å². The highest BCUT2D eigenvalue weighted by Gasteiger charge is 2.42. The van der Waals surface area contributed by atoms with E-state index >= 15 is 0 Å². The van der Waals surface area contributed by atoms with E-state index < -0.39 is 11.7 Å². The Morgan fingerprint density at radius 2 is 1.96 bits per heavy atom. The second kappa shape index (κ2) is 7.56. The van der Waals surface area contributed by atoms with E-state index in [0.29, 0.717) is 25.4 Å². The van der Waals surface area contributed by atoms with E-state index in [1.54, 1.807) is 12.1 Å². The Morgan fingerprint density at radius 1 is 1.22 bits per heavy atom. The lowest BCUT2D eigenvalue weighted by atomic mass is 9.94. The molecule has 27 heavy (non-hydrogen) atoms. The van der Waals surface area contributed by atoms with Gasteiger partial charge in [0.05, 0.1) is 12.5 Å². The third-order valence-electron chi connectivity index (χ3n) is 5.67. The number of halogens is 1. The van der Waals surface area contributed by atoms with Gasteiger partial charge < -0.3 is 19.7 Å². The van der Waals surface area contributed by atoms with Gasteiger partial charge in [0, 0.05) is 38.0 Å². The molecule has 6 nitrogen and oxygen atoms in total. The third-order valence-corrected chi connectivity index (χ3v) is 5.67. The minimum absolute atomic E-state index is 0.122. The standard InChI is InChI=1S/C20H25FN2O4/c21-15-4-6-16(7-5-15)23-12-14(10-18(23)24)19(25)22-11-17-13-26-20(27-17)8-2-1-3-9-20/h4-7,14,17H,1-3,8-13H2,(H,22,25). The molecule has 1 aliphatic carbocycles. The maximum Gasteiger partial charge on any atom is 0.227 e. The Balaban J connectivity index is 1.28. The van der Waals surface area contributed by atoms with Crippen LogP contribution < -0.4 is 10.2 Å². The van der Waals surface area contributed by atoms with Gasteiger partial charge in [0.2, 0.25) is 11.8 Å². The molecule has 0 aromatic heterocycles. The molecule has 4 rings (SSSR count). The summed E-state index contributed by atoms with van der Waals surface area (Å²) in [6, 6.07) is 5.74. The maximum absolute atomic E-state index is 13.1. The molecule has 146 valence electrons. The topological polar surface area (TPSA) is 67.9 Å². The molecule has 2 aliphatic heterocycles. The normalized spacial score (nSPS) is 27.3. The predicted molar refractivity (Wildman–Crippen MR) is 96.5 cm³/mol. The molecule has 1 N–H and O–H groups in total. The summed E-state index contributed by atoms with van der Waals surface area (Å²) in [6.07, 6.45) is 5.30. The van der Waals surface area contributed by atoms with Gasteiger partial charge in [0.25, 0.3) is 0 Å². The van der Waals surface area contributed by atoms with Gasteiger partial charge >= 0.3 is 0 Å². The summed E-state index contributed by atoms with van der Waals surface area (Å²) < 4.78 is 25.0. The fraction of sp³-hybridized carbons (Fsp3) is 0.600. The van der Waals surface area contributed by atoms with Crippen molar-refractivity contribution in [3.8, 4) is 0 Å². The predicted octanol–water partition coefficient (Wildman–Crippen LogP) is 2.37. The first-order chi connectivity index (χ1) is 13.0. The number of carbonyl (C=O) groups excluding carboxylic acids is 2. The second-order valence-electron chi connectivity index (χ2n) is 7.65. The molecule has 7 heteroatoms. The lowest BCUT2D eigenvalue weighted by molar-refractivity contribution is -0.186. The maximum atomic E-state index is 13.1. The minimum Gasteiger partial charge on any atom is -0.353 e. The number of hydrogen-bond donors (Lipinski definition) is 1. The van der Waals surface area contributed by atoms with Gasteiger partial charge in [-0.3, -0.25) is 9.59 Å². The van der Waals surface area contributed by atoms with Gasteiger partial charge in [0.1, 0.15) is 11.9 Å². The number of carbonyl (C=O) groups is 2. The first-order valence-electron chi connectivity index (χ1n) is 9.70. The average Bonchev–Trinajstić information content (AvgIpc) is 3.25. The monoisotopic (exact) mass is 376 g/mol. The largest absolute Gasteiger partial charge is 0.353 e. The van der Waals surface area contributed by atoms with E-state index in [0.717, 1.165) is 25.7 Å². The van der Waals surface area contributed by atoms with E-state index in [1.165, 1.54) is 23.5 Å². The highest BCUT2D eigenvalue weighted by Crippen LogP contribution is 2.37. The summed E-state index contributed by atoms with van der Waals surface area (Å²) in [5.41, 5.74) is 0.614. The quantitative estimate of drug-likeness (QED) is 0.876. The lowest BCUT2D eigenvalue weighted by Crippen LogP contribution is -2.39. The van der Waals surface area contributed by atoms with E-state index in [1.807, 2.05) is 0 Å². The highest BCUT2D eigenvalue weighted by molar-refractivity contribution is 6.00. The van der Waals surface area contributed by atoms with Gasteiger partial charge in [-0.15, -0.1) is 0 Å². The molecule has 1 aromatic carbocycles. The zero-order valence-electron chi connectivity index (χ0n) is 15.3. The summed E-state index contributed by atoms with van der Waals surface area (Å²) in [5.74, 6) is -1.48. The average molecular weight is 376 g/mol. The number of hydrogen-bond acceptors (Lipinski definition) is 4. The zero-order valence-corrected chi connectivity index (χ0v) is 15.3. The summed E-state index contributed by atoms with van der Waals surface area (Å²) in [4.78, 5) is 26.3. The third kappa shape index (κ3) is 3.99. The number of nitrogens with zero attached hydrogens (tertiary/aromatic N) is 1. The van der Waals surface area contributed by atoms with E-state index in [-0.39, 0.29) is 30.2 Å². The lowest BCUT2D eigenvalue weighted by Gasteiger charge is -2.31. The molecule has 0 bridgehead atoms. The van der Waals surface area contributed by atoms with E-state index in [2.05, 4.69) is 5.32 Å². The Kier molecular flexibility index (Phi) is 5.14.